The van der Waals surface area contributed by atoms with Crippen molar-refractivity contribution in [2.45, 2.75) is 151 Å². The van der Waals surface area contributed by atoms with Crippen molar-refractivity contribution in [1.82, 2.24) is 0 Å². The van der Waals surface area contributed by atoms with Crippen LogP contribution in [0.5, 0.6) is 0 Å². The van der Waals surface area contributed by atoms with Crippen LogP contribution >= 0.6 is 0 Å². The van der Waals surface area contributed by atoms with E-state index in [2.05, 4.69) is 41.5 Å². The molecule has 4 heteroatoms. The van der Waals surface area contributed by atoms with Crippen molar-refractivity contribution >= 4 is 11.9 Å². The zero-order chi connectivity index (χ0) is 26.3. The Morgan fingerprint density at radius 3 is 1.43 bits per heavy atom. The third kappa shape index (κ3) is 24.4. The summed E-state index contributed by atoms with van der Waals surface area (Å²) in [6.07, 6.45) is 18.5. The average molecular weight is 497 g/mol. The van der Waals surface area contributed by atoms with Crippen LogP contribution in [0.1, 0.15) is 151 Å². The van der Waals surface area contributed by atoms with Gasteiger partial charge in [-0.25, -0.2) is 0 Å². The van der Waals surface area contributed by atoms with E-state index in [0.29, 0.717) is 37.9 Å². The molecule has 0 spiro atoms. The average Bonchev–Trinajstić information content (AvgIpc) is 2.78. The molecule has 0 saturated heterocycles. The lowest BCUT2D eigenvalue weighted by molar-refractivity contribution is -0.145. The maximum Gasteiger partial charge on any atom is 0.306 e. The highest BCUT2D eigenvalue weighted by Gasteiger charge is 2.18. The Labute approximate surface area is 218 Å². The minimum Gasteiger partial charge on any atom is -0.466 e. The van der Waals surface area contributed by atoms with Crippen molar-refractivity contribution in [3.8, 4) is 0 Å². The molecule has 0 radical (unpaired) electrons. The van der Waals surface area contributed by atoms with Gasteiger partial charge in [-0.1, -0.05) is 99.3 Å². The predicted molar refractivity (Wildman–Crippen MR) is 148 cm³/mol. The van der Waals surface area contributed by atoms with Gasteiger partial charge in [-0.2, -0.15) is 0 Å². The van der Waals surface area contributed by atoms with Crippen LogP contribution in [0.4, 0.5) is 0 Å². The zero-order valence-corrected chi connectivity index (χ0v) is 24.4. The Kier molecular flexibility index (Phi) is 22.6. The lowest BCUT2D eigenvalue weighted by atomic mass is 9.87. The number of carbonyl (C=O) groups excluding carboxylic acids is 2. The van der Waals surface area contributed by atoms with E-state index in [1.165, 1.54) is 51.4 Å². The summed E-state index contributed by atoms with van der Waals surface area (Å²) in [5.74, 6) is 2.38. The van der Waals surface area contributed by atoms with Crippen molar-refractivity contribution in [3.05, 3.63) is 0 Å². The minimum atomic E-state index is -0.0238. The van der Waals surface area contributed by atoms with E-state index in [4.69, 9.17) is 9.47 Å². The lowest BCUT2D eigenvalue weighted by Crippen LogP contribution is -2.17. The minimum absolute atomic E-state index is 0.0109. The molecule has 0 heterocycles. The predicted octanol–water partition coefficient (Wildman–Crippen LogP) is 9.29. The second-order valence-electron chi connectivity index (χ2n) is 11.8. The number of unbranched alkanes of at least 4 members (excludes halogenated alkanes) is 9. The number of carbonyl (C=O) groups is 2. The molecule has 0 saturated carbocycles. The van der Waals surface area contributed by atoms with E-state index in [9.17, 15) is 9.59 Å². The van der Waals surface area contributed by atoms with Gasteiger partial charge in [0, 0.05) is 12.8 Å². The van der Waals surface area contributed by atoms with E-state index in [-0.39, 0.29) is 11.9 Å². The van der Waals surface area contributed by atoms with Crippen molar-refractivity contribution in [2.24, 2.45) is 23.7 Å². The number of ether oxygens (including phenoxy) is 2. The van der Waals surface area contributed by atoms with Crippen LogP contribution < -0.4 is 0 Å². The topological polar surface area (TPSA) is 52.6 Å². The summed E-state index contributed by atoms with van der Waals surface area (Å²) >= 11 is 0. The van der Waals surface area contributed by atoms with Crippen LogP contribution in [0, 0.1) is 23.7 Å². The summed E-state index contributed by atoms with van der Waals surface area (Å²) in [5, 5.41) is 0. The third-order valence-electron chi connectivity index (χ3n) is 6.96. The maximum absolute atomic E-state index is 12.2. The fourth-order valence-corrected chi connectivity index (χ4v) is 4.43. The van der Waals surface area contributed by atoms with Crippen molar-refractivity contribution in [1.29, 1.82) is 0 Å². The molecular formula is C31H60O4. The first-order valence-electron chi connectivity index (χ1n) is 15.0. The smallest absolute Gasteiger partial charge is 0.306 e. The van der Waals surface area contributed by atoms with E-state index >= 15 is 0 Å². The van der Waals surface area contributed by atoms with E-state index in [1.54, 1.807) is 0 Å². The molecule has 0 aromatic carbocycles. The van der Waals surface area contributed by atoms with Crippen LogP contribution in [0.2, 0.25) is 0 Å². The molecule has 0 aliphatic heterocycles. The van der Waals surface area contributed by atoms with E-state index in [1.807, 2.05) is 0 Å². The molecule has 0 rings (SSSR count). The molecule has 0 fully saturated rings. The Hall–Kier alpha value is -1.06. The zero-order valence-electron chi connectivity index (χ0n) is 24.4. The highest BCUT2D eigenvalue weighted by Crippen LogP contribution is 2.23. The molecule has 0 bridgehead atoms. The monoisotopic (exact) mass is 496 g/mol. The standard InChI is InChI=1S/C31H60O4/c1-26(2)19-15-17-23-34-30(32)22-14-12-10-8-7-9-11-13-21-29(28(5)6)25-31(33)35-24-18-16-20-27(3)4/h26-29H,7-25H2,1-6H3. The van der Waals surface area contributed by atoms with Gasteiger partial charge in [0.2, 0.25) is 0 Å². The molecule has 208 valence electrons. The van der Waals surface area contributed by atoms with Crippen LogP contribution in [0.15, 0.2) is 0 Å². The first-order valence-corrected chi connectivity index (χ1v) is 15.0. The molecule has 1 unspecified atom stereocenters. The molecule has 4 nitrogen and oxygen atoms in total. The second-order valence-corrected chi connectivity index (χ2v) is 11.8. The Morgan fingerprint density at radius 1 is 0.514 bits per heavy atom. The molecule has 1 atom stereocenters. The molecule has 0 amide bonds. The molecule has 0 N–H and O–H groups in total. The summed E-state index contributed by atoms with van der Waals surface area (Å²) < 4.78 is 10.8. The lowest BCUT2D eigenvalue weighted by Gasteiger charge is -2.20. The van der Waals surface area contributed by atoms with Gasteiger partial charge in [-0.15, -0.1) is 0 Å². The van der Waals surface area contributed by atoms with Crippen LogP contribution in [-0.4, -0.2) is 25.2 Å². The largest absolute Gasteiger partial charge is 0.466 e. The van der Waals surface area contributed by atoms with Gasteiger partial charge >= 0.3 is 11.9 Å². The van der Waals surface area contributed by atoms with Crippen molar-refractivity contribution in [3.63, 3.8) is 0 Å². The van der Waals surface area contributed by atoms with E-state index in [0.717, 1.165) is 56.8 Å². The molecule has 35 heavy (non-hydrogen) atoms. The molecule has 0 aliphatic carbocycles. The van der Waals surface area contributed by atoms with Crippen molar-refractivity contribution < 1.29 is 19.1 Å². The van der Waals surface area contributed by atoms with Gasteiger partial charge in [0.25, 0.3) is 0 Å². The summed E-state index contributed by atoms with van der Waals surface area (Å²) in [6, 6.07) is 0. The van der Waals surface area contributed by atoms with Gasteiger partial charge in [-0.05, 0) is 62.2 Å². The summed E-state index contributed by atoms with van der Waals surface area (Å²) in [4.78, 5) is 24.0. The number of hydrogen-bond acceptors (Lipinski definition) is 4. The number of hydrogen-bond donors (Lipinski definition) is 0. The van der Waals surface area contributed by atoms with Gasteiger partial charge in [-0.3, -0.25) is 9.59 Å². The Morgan fingerprint density at radius 2 is 0.943 bits per heavy atom. The van der Waals surface area contributed by atoms with Gasteiger partial charge in [0.05, 0.1) is 13.2 Å². The molecule has 0 aliphatic rings. The second kappa shape index (κ2) is 23.3. The third-order valence-corrected chi connectivity index (χ3v) is 6.96. The van der Waals surface area contributed by atoms with Crippen LogP contribution in [0.3, 0.4) is 0 Å². The van der Waals surface area contributed by atoms with Crippen molar-refractivity contribution in [2.75, 3.05) is 13.2 Å². The normalized spacial score (nSPS) is 12.5. The fraction of sp³-hybridized carbons (Fsp3) is 0.935. The van der Waals surface area contributed by atoms with Gasteiger partial charge in [0.1, 0.15) is 0 Å². The van der Waals surface area contributed by atoms with Gasteiger partial charge in [0.15, 0.2) is 0 Å². The molecule has 0 aromatic rings. The number of rotatable bonds is 24. The van der Waals surface area contributed by atoms with Crippen LogP contribution in [0.25, 0.3) is 0 Å². The quantitative estimate of drug-likeness (QED) is 0.0986. The van der Waals surface area contributed by atoms with Crippen LogP contribution in [-0.2, 0) is 19.1 Å². The summed E-state index contributed by atoms with van der Waals surface area (Å²) in [6.45, 7) is 14.5. The number of esters is 2. The first kappa shape index (κ1) is 33.9. The molecular weight excluding hydrogens is 436 g/mol. The first-order chi connectivity index (χ1) is 16.7. The summed E-state index contributed by atoms with van der Waals surface area (Å²) in [7, 11) is 0. The summed E-state index contributed by atoms with van der Waals surface area (Å²) in [5.41, 5.74) is 0. The molecule has 0 aromatic heterocycles. The maximum atomic E-state index is 12.2. The highest BCUT2D eigenvalue weighted by molar-refractivity contribution is 5.69. The SMILES string of the molecule is CC(C)CCCCOC(=O)CCCCCCCCCCC(CC(=O)OCCCCC(C)C)C(C)C. The van der Waals surface area contributed by atoms with Gasteiger partial charge < -0.3 is 9.47 Å². The Balaban J connectivity index is 3.62. The highest BCUT2D eigenvalue weighted by atomic mass is 16.5. The fourth-order valence-electron chi connectivity index (χ4n) is 4.43. The Bertz CT molecular complexity index is 498. The van der Waals surface area contributed by atoms with E-state index < -0.39 is 0 Å².